The molecule has 1 unspecified atom stereocenters. The van der Waals surface area contributed by atoms with Crippen LogP contribution in [0.4, 0.5) is 11.6 Å². The Balaban J connectivity index is 1.49. The molecule has 1 saturated carbocycles. The molecule has 5 rings (SSSR count). The maximum atomic E-state index is 12.3. The SMILES string of the molecule is CCc1ccnc(-c2cnc(N3CC4(CC4)c4ccc([S+]([O-])CC)cc43)nc2)c1. The number of hydrogen-bond donors (Lipinski definition) is 0. The summed E-state index contributed by atoms with van der Waals surface area (Å²) < 4.78 is 12.3. The maximum absolute atomic E-state index is 12.3. The number of benzene rings is 1. The van der Waals surface area contributed by atoms with Crippen LogP contribution in [0, 0.1) is 0 Å². The largest absolute Gasteiger partial charge is 0.611 e. The van der Waals surface area contributed by atoms with Gasteiger partial charge >= 0.3 is 0 Å². The van der Waals surface area contributed by atoms with Crippen molar-refractivity contribution in [1.29, 1.82) is 0 Å². The van der Waals surface area contributed by atoms with Crippen molar-refractivity contribution in [2.45, 2.75) is 43.4 Å². The lowest BCUT2D eigenvalue weighted by molar-refractivity contribution is 0.596. The zero-order chi connectivity index (χ0) is 20.0. The number of aryl methyl sites for hydroxylation is 1. The Labute approximate surface area is 174 Å². The van der Waals surface area contributed by atoms with Gasteiger partial charge in [0.1, 0.15) is 5.75 Å². The molecule has 1 aliphatic carbocycles. The topological polar surface area (TPSA) is 65.0 Å². The van der Waals surface area contributed by atoms with Gasteiger partial charge in [0.15, 0.2) is 4.90 Å². The number of anilines is 2. The lowest BCUT2D eigenvalue weighted by atomic mass is 9.99. The van der Waals surface area contributed by atoms with Crippen LogP contribution >= 0.6 is 0 Å². The van der Waals surface area contributed by atoms with Crippen molar-refractivity contribution in [2.75, 3.05) is 17.2 Å². The van der Waals surface area contributed by atoms with Gasteiger partial charge in [-0.2, -0.15) is 0 Å². The van der Waals surface area contributed by atoms with Crippen LogP contribution < -0.4 is 4.90 Å². The zero-order valence-electron chi connectivity index (χ0n) is 16.8. The van der Waals surface area contributed by atoms with Crippen molar-refractivity contribution < 1.29 is 4.55 Å². The minimum absolute atomic E-state index is 0.223. The number of rotatable bonds is 5. The summed E-state index contributed by atoms with van der Waals surface area (Å²) in [5.41, 5.74) is 5.75. The van der Waals surface area contributed by atoms with Crippen molar-refractivity contribution in [3.05, 3.63) is 60.0 Å². The normalized spacial score (nSPS) is 17.4. The van der Waals surface area contributed by atoms with E-state index in [2.05, 4.69) is 45.0 Å². The van der Waals surface area contributed by atoms with Crippen LogP contribution in [0.5, 0.6) is 0 Å². The van der Waals surface area contributed by atoms with Crippen molar-refractivity contribution in [3.8, 4) is 11.3 Å². The summed E-state index contributed by atoms with van der Waals surface area (Å²) >= 11 is -0.966. The smallest absolute Gasteiger partial charge is 0.229 e. The first kappa shape index (κ1) is 18.6. The maximum Gasteiger partial charge on any atom is 0.229 e. The van der Waals surface area contributed by atoms with Crippen LogP contribution in [-0.4, -0.2) is 31.8 Å². The second-order valence-electron chi connectivity index (χ2n) is 7.85. The predicted molar refractivity (Wildman–Crippen MR) is 116 cm³/mol. The summed E-state index contributed by atoms with van der Waals surface area (Å²) in [4.78, 5) is 16.9. The number of nitrogens with zero attached hydrogens (tertiary/aromatic N) is 4. The average Bonchev–Trinajstić information content (AvgIpc) is 3.49. The van der Waals surface area contributed by atoms with Gasteiger partial charge in [-0.25, -0.2) is 9.97 Å². The van der Waals surface area contributed by atoms with Crippen LogP contribution in [-0.2, 0) is 23.0 Å². The van der Waals surface area contributed by atoms with Gasteiger partial charge in [0.2, 0.25) is 5.95 Å². The summed E-state index contributed by atoms with van der Waals surface area (Å²) in [7, 11) is 0. The summed E-state index contributed by atoms with van der Waals surface area (Å²) in [6.45, 7) is 4.98. The van der Waals surface area contributed by atoms with Crippen molar-refractivity contribution in [1.82, 2.24) is 15.0 Å². The highest BCUT2D eigenvalue weighted by atomic mass is 32.2. The van der Waals surface area contributed by atoms with Crippen molar-refractivity contribution in [2.24, 2.45) is 0 Å². The minimum Gasteiger partial charge on any atom is -0.611 e. The third-order valence-corrected chi connectivity index (χ3v) is 7.38. The highest BCUT2D eigenvalue weighted by Gasteiger charge is 2.52. The standard InChI is InChI=1S/C23H24N4OS/c1-3-16-7-10-24-20(11-16)17-13-25-22(26-14-17)27-15-23(8-9-23)19-6-5-18(12-21(19)27)29(28)4-2/h5-7,10-14H,3-4,8-9,15H2,1-2H3. The fourth-order valence-corrected chi connectivity index (χ4v) is 4.96. The fraction of sp³-hybridized carbons (Fsp3) is 0.348. The molecule has 0 radical (unpaired) electrons. The van der Waals surface area contributed by atoms with Gasteiger partial charge in [-0.05, 0) is 66.7 Å². The van der Waals surface area contributed by atoms with Gasteiger partial charge in [0.05, 0.1) is 11.4 Å². The van der Waals surface area contributed by atoms with E-state index in [-0.39, 0.29) is 5.41 Å². The van der Waals surface area contributed by atoms with Gasteiger partial charge in [-0.1, -0.05) is 13.0 Å². The first-order valence-electron chi connectivity index (χ1n) is 10.2. The van der Waals surface area contributed by atoms with E-state index in [1.165, 1.54) is 24.0 Å². The van der Waals surface area contributed by atoms with E-state index in [1.54, 1.807) is 0 Å². The third-order valence-electron chi connectivity index (χ3n) is 6.08. The number of pyridine rings is 1. The summed E-state index contributed by atoms with van der Waals surface area (Å²) in [6.07, 6.45) is 8.91. The quantitative estimate of drug-likeness (QED) is 0.589. The van der Waals surface area contributed by atoms with Gasteiger partial charge in [0, 0.05) is 42.2 Å². The first-order chi connectivity index (χ1) is 14.1. The van der Waals surface area contributed by atoms with Gasteiger partial charge in [0.25, 0.3) is 0 Å². The summed E-state index contributed by atoms with van der Waals surface area (Å²) in [5.74, 6) is 1.32. The molecule has 3 aromatic rings. The fourth-order valence-electron chi connectivity index (χ4n) is 4.17. The lowest BCUT2D eigenvalue weighted by Crippen LogP contribution is -2.21. The van der Waals surface area contributed by atoms with Gasteiger partial charge < -0.3 is 9.45 Å². The molecule has 0 bridgehead atoms. The molecule has 6 heteroatoms. The number of aromatic nitrogens is 3. The molecule has 0 amide bonds. The van der Waals surface area contributed by atoms with Crippen LogP contribution in [0.25, 0.3) is 11.3 Å². The molecule has 2 aliphatic rings. The molecule has 0 N–H and O–H groups in total. The van der Waals surface area contributed by atoms with E-state index in [1.807, 2.05) is 37.6 Å². The van der Waals surface area contributed by atoms with E-state index in [4.69, 9.17) is 0 Å². The molecule has 1 aliphatic heterocycles. The Bertz CT molecular complexity index is 1050. The molecule has 148 valence electrons. The van der Waals surface area contributed by atoms with Crippen LogP contribution in [0.3, 0.4) is 0 Å². The molecule has 0 saturated heterocycles. The van der Waals surface area contributed by atoms with E-state index in [0.717, 1.165) is 34.8 Å². The predicted octanol–water partition coefficient (Wildman–Crippen LogP) is 4.41. The van der Waals surface area contributed by atoms with E-state index in [0.29, 0.717) is 11.7 Å². The third kappa shape index (κ3) is 3.20. The highest BCUT2D eigenvalue weighted by Crippen LogP contribution is 2.58. The molecular weight excluding hydrogens is 380 g/mol. The monoisotopic (exact) mass is 404 g/mol. The molecule has 5 nitrogen and oxygen atoms in total. The number of fused-ring (bicyclic) bond motifs is 2. The van der Waals surface area contributed by atoms with Gasteiger partial charge in [-0.3, -0.25) is 4.98 Å². The van der Waals surface area contributed by atoms with Gasteiger partial charge in [-0.15, -0.1) is 0 Å². The second kappa shape index (κ2) is 7.11. The highest BCUT2D eigenvalue weighted by molar-refractivity contribution is 7.91. The Morgan fingerprint density at radius 2 is 1.86 bits per heavy atom. The van der Waals surface area contributed by atoms with E-state index >= 15 is 0 Å². The van der Waals surface area contributed by atoms with E-state index < -0.39 is 11.2 Å². The summed E-state index contributed by atoms with van der Waals surface area (Å²) in [6, 6.07) is 10.4. The molecule has 1 spiro atoms. The Hall–Kier alpha value is -2.44. The minimum atomic E-state index is -0.966. The van der Waals surface area contributed by atoms with Crippen molar-refractivity contribution >= 4 is 22.8 Å². The van der Waals surface area contributed by atoms with Crippen LogP contribution in [0.2, 0.25) is 0 Å². The van der Waals surface area contributed by atoms with Crippen LogP contribution in [0.15, 0.2) is 53.8 Å². The zero-order valence-corrected chi connectivity index (χ0v) is 17.6. The first-order valence-corrected chi connectivity index (χ1v) is 11.5. The molecule has 1 aromatic carbocycles. The Kier molecular flexibility index (Phi) is 4.56. The Morgan fingerprint density at radius 1 is 1.07 bits per heavy atom. The molecule has 29 heavy (non-hydrogen) atoms. The molecule has 1 atom stereocenters. The molecule has 1 fully saturated rings. The molecule has 3 heterocycles. The molecule has 2 aromatic heterocycles. The summed E-state index contributed by atoms with van der Waals surface area (Å²) in [5, 5.41) is 0. The van der Waals surface area contributed by atoms with Crippen molar-refractivity contribution in [3.63, 3.8) is 0 Å². The van der Waals surface area contributed by atoms with Crippen LogP contribution in [0.1, 0.15) is 37.8 Å². The second-order valence-corrected chi connectivity index (χ2v) is 9.59. The Morgan fingerprint density at radius 3 is 2.55 bits per heavy atom. The molecular formula is C23H24N4OS. The number of hydrogen-bond acceptors (Lipinski definition) is 5. The average molecular weight is 405 g/mol. The van der Waals surface area contributed by atoms with E-state index in [9.17, 15) is 4.55 Å². The lowest BCUT2D eigenvalue weighted by Gasteiger charge is -2.18.